The Morgan fingerprint density at radius 1 is 1.38 bits per heavy atom. The van der Waals surface area contributed by atoms with Crippen molar-refractivity contribution in [3.63, 3.8) is 0 Å². The molecule has 0 bridgehead atoms. The second-order valence-electron chi connectivity index (χ2n) is 5.07. The molecule has 3 aromatic heterocycles. The standard InChI is InChI=1S/C16H10BrN3O3S/c1-23-12-4-8(2-3-11(12)21)5-13-15(22)20-14-10(19-16(20)24-13)6-9(17)7-18-14/h2-7,21H,1H3/b13-5+. The lowest BCUT2D eigenvalue weighted by Gasteiger charge is -2.03. The molecule has 0 atom stereocenters. The van der Waals surface area contributed by atoms with Gasteiger partial charge in [0, 0.05) is 10.7 Å². The number of fused-ring (bicyclic) bond motifs is 3. The maximum atomic E-state index is 12.7. The quantitative estimate of drug-likeness (QED) is 0.555. The molecule has 0 spiro atoms. The van der Waals surface area contributed by atoms with E-state index in [0.29, 0.717) is 26.4 Å². The number of phenolic OH excluding ortho intramolecular Hbond substituents is 1. The molecule has 0 aliphatic heterocycles. The van der Waals surface area contributed by atoms with Gasteiger partial charge in [0.1, 0.15) is 5.52 Å². The first-order chi connectivity index (χ1) is 11.6. The fraction of sp³-hybridized carbons (Fsp3) is 0.0625. The maximum Gasteiger partial charge on any atom is 0.276 e. The summed E-state index contributed by atoms with van der Waals surface area (Å²) in [6.45, 7) is 0. The largest absolute Gasteiger partial charge is 0.504 e. The van der Waals surface area contributed by atoms with Crippen molar-refractivity contribution in [3.05, 3.63) is 55.4 Å². The minimum Gasteiger partial charge on any atom is -0.504 e. The molecule has 120 valence electrons. The van der Waals surface area contributed by atoms with Crippen LogP contribution in [0.4, 0.5) is 0 Å². The molecule has 6 nitrogen and oxygen atoms in total. The van der Waals surface area contributed by atoms with Crippen molar-refractivity contribution in [2.75, 3.05) is 7.11 Å². The highest BCUT2D eigenvalue weighted by molar-refractivity contribution is 9.10. The van der Waals surface area contributed by atoms with Gasteiger partial charge in [0.15, 0.2) is 22.1 Å². The number of rotatable bonds is 2. The number of benzene rings is 1. The van der Waals surface area contributed by atoms with E-state index in [0.717, 1.165) is 10.0 Å². The first kappa shape index (κ1) is 15.1. The molecule has 0 amide bonds. The van der Waals surface area contributed by atoms with Crippen molar-refractivity contribution >= 4 is 49.5 Å². The summed E-state index contributed by atoms with van der Waals surface area (Å²) in [6.07, 6.45) is 3.39. The molecule has 1 aromatic carbocycles. The van der Waals surface area contributed by atoms with Crippen LogP contribution in [0, 0.1) is 0 Å². The van der Waals surface area contributed by atoms with Gasteiger partial charge in [-0.15, -0.1) is 0 Å². The molecule has 4 rings (SSSR count). The molecule has 0 aliphatic rings. The van der Waals surface area contributed by atoms with Crippen molar-refractivity contribution in [2.24, 2.45) is 0 Å². The van der Waals surface area contributed by atoms with Crippen molar-refractivity contribution in [1.82, 2.24) is 14.4 Å². The summed E-state index contributed by atoms with van der Waals surface area (Å²) in [5.74, 6) is 0.410. The summed E-state index contributed by atoms with van der Waals surface area (Å²) < 4.78 is 7.95. The molecule has 0 saturated carbocycles. The monoisotopic (exact) mass is 403 g/mol. The third kappa shape index (κ3) is 2.35. The number of ether oxygens (including phenoxy) is 1. The van der Waals surface area contributed by atoms with E-state index in [1.807, 2.05) is 6.07 Å². The van der Waals surface area contributed by atoms with Crippen LogP contribution < -0.4 is 14.8 Å². The van der Waals surface area contributed by atoms with Crippen molar-refractivity contribution in [1.29, 1.82) is 0 Å². The molecule has 0 unspecified atom stereocenters. The topological polar surface area (TPSA) is 76.7 Å². The van der Waals surface area contributed by atoms with Crippen molar-refractivity contribution in [3.8, 4) is 11.5 Å². The lowest BCUT2D eigenvalue weighted by Crippen LogP contribution is -2.22. The summed E-state index contributed by atoms with van der Waals surface area (Å²) in [5, 5.41) is 9.65. The van der Waals surface area contributed by atoms with Gasteiger partial charge in [-0.3, -0.25) is 4.79 Å². The number of pyridine rings is 1. The van der Waals surface area contributed by atoms with Gasteiger partial charge in [-0.2, -0.15) is 0 Å². The summed E-state index contributed by atoms with van der Waals surface area (Å²) in [6, 6.07) is 6.75. The SMILES string of the molecule is COc1cc(/C=c2/sc3nc4cc(Br)cnc4n3c2=O)ccc1O. The number of nitrogens with zero attached hydrogens (tertiary/aromatic N) is 3. The molecule has 0 fully saturated rings. The summed E-state index contributed by atoms with van der Waals surface area (Å²) >= 11 is 4.64. The van der Waals surface area contributed by atoms with E-state index < -0.39 is 0 Å². The molecular weight excluding hydrogens is 394 g/mol. The van der Waals surface area contributed by atoms with Crippen LogP contribution in [0.1, 0.15) is 5.56 Å². The van der Waals surface area contributed by atoms with Gasteiger partial charge in [-0.05, 0) is 45.8 Å². The Hall–Kier alpha value is -2.45. The van der Waals surface area contributed by atoms with E-state index in [4.69, 9.17) is 4.74 Å². The minimum absolute atomic E-state index is 0.0544. The predicted octanol–water partition coefficient (Wildman–Crippen LogP) is 2.33. The Morgan fingerprint density at radius 2 is 2.21 bits per heavy atom. The van der Waals surface area contributed by atoms with Crippen LogP contribution in [-0.4, -0.2) is 26.6 Å². The smallest absolute Gasteiger partial charge is 0.276 e. The van der Waals surface area contributed by atoms with Crippen LogP contribution in [0.25, 0.3) is 22.2 Å². The highest BCUT2D eigenvalue weighted by atomic mass is 79.9. The molecule has 24 heavy (non-hydrogen) atoms. The molecule has 0 radical (unpaired) electrons. The minimum atomic E-state index is -0.167. The Balaban J connectivity index is 1.94. The van der Waals surface area contributed by atoms with Crippen LogP contribution in [0.5, 0.6) is 11.5 Å². The zero-order valence-corrected chi connectivity index (χ0v) is 14.8. The molecule has 4 aromatic rings. The van der Waals surface area contributed by atoms with Crippen LogP contribution >= 0.6 is 27.3 Å². The zero-order valence-electron chi connectivity index (χ0n) is 12.4. The first-order valence-corrected chi connectivity index (χ1v) is 8.53. The Kier molecular flexibility index (Phi) is 3.50. The first-order valence-electron chi connectivity index (χ1n) is 6.92. The lowest BCUT2D eigenvalue weighted by molar-refractivity contribution is 0.373. The summed E-state index contributed by atoms with van der Waals surface area (Å²) in [5.41, 5.74) is 1.80. The van der Waals surface area contributed by atoms with Crippen LogP contribution in [0.3, 0.4) is 0 Å². The van der Waals surface area contributed by atoms with Gasteiger partial charge in [-0.1, -0.05) is 17.4 Å². The number of methoxy groups -OCH3 is 1. The average Bonchev–Trinajstić information content (AvgIpc) is 3.05. The number of hydrogen-bond acceptors (Lipinski definition) is 6. The summed E-state index contributed by atoms with van der Waals surface area (Å²) in [4.78, 5) is 22.0. The number of halogens is 1. The van der Waals surface area contributed by atoms with Gasteiger partial charge >= 0.3 is 0 Å². The number of phenols is 1. The van der Waals surface area contributed by atoms with E-state index in [9.17, 15) is 9.90 Å². The number of imidazole rings is 1. The third-order valence-electron chi connectivity index (χ3n) is 3.55. The predicted molar refractivity (Wildman–Crippen MR) is 95.8 cm³/mol. The van der Waals surface area contributed by atoms with Crippen LogP contribution in [0.15, 0.2) is 39.7 Å². The molecule has 0 aliphatic carbocycles. The maximum absolute atomic E-state index is 12.7. The van der Waals surface area contributed by atoms with Gasteiger partial charge in [0.05, 0.1) is 11.6 Å². The van der Waals surface area contributed by atoms with Crippen LogP contribution in [0.2, 0.25) is 0 Å². The van der Waals surface area contributed by atoms with E-state index in [2.05, 4.69) is 25.9 Å². The lowest BCUT2D eigenvalue weighted by atomic mass is 10.2. The number of thiazole rings is 1. The van der Waals surface area contributed by atoms with Gasteiger partial charge in [0.2, 0.25) is 0 Å². The number of hydrogen-bond donors (Lipinski definition) is 1. The molecule has 1 N–H and O–H groups in total. The molecule has 8 heteroatoms. The highest BCUT2D eigenvalue weighted by Gasteiger charge is 2.12. The van der Waals surface area contributed by atoms with E-state index in [-0.39, 0.29) is 11.3 Å². The number of aromatic hydroxyl groups is 1. The normalized spacial score (nSPS) is 12.3. The molecular formula is C16H10BrN3O3S. The van der Waals surface area contributed by atoms with Crippen LogP contribution in [-0.2, 0) is 0 Å². The van der Waals surface area contributed by atoms with Gasteiger partial charge in [-0.25, -0.2) is 14.4 Å². The van der Waals surface area contributed by atoms with Crippen molar-refractivity contribution < 1.29 is 9.84 Å². The summed E-state index contributed by atoms with van der Waals surface area (Å²) in [7, 11) is 1.48. The second-order valence-corrected chi connectivity index (χ2v) is 7.00. The fourth-order valence-corrected chi connectivity index (χ4v) is 3.74. The average molecular weight is 404 g/mol. The molecule has 3 heterocycles. The highest BCUT2D eigenvalue weighted by Crippen LogP contribution is 2.26. The fourth-order valence-electron chi connectivity index (χ4n) is 2.45. The third-order valence-corrected chi connectivity index (χ3v) is 4.95. The Bertz CT molecular complexity index is 1200. The second kappa shape index (κ2) is 5.57. The Morgan fingerprint density at radius 3 is 3.00 bits per heavy atom. The zero-order chi connectivity index (χ0) is 16.8. The van der Waals surface area contributed by atoms with E-state index in [1.54, 1.807) is 24.4 Å². The van der Waals surface area contributed by atoms with Gasteiger partial charge < -0.3 is 9.84 Å². The number of aromatic nitrogens is 3. The Labute approximate surface area is 147 Å². The molecule has 0 saturated heterocycles. The van der Waals surface area contributed by atoms with Crippen molar-refractivity contribution in [2.45, 2.75) is 0 Å². The van der Waals surface area contributed by atoms with Gasteiger partial charge in [0.25, 0.3) is 5.56 Å². The van der Waals surface area contributed by atoms with E-state index >= 15 is 0 Å². The van der Waals surface area contributed by atoms with E-state index in [1.165, 1.54) is 28.9 Å².